The van der Waals surface area contributed by atoms with Crippen LogP contribution >= 0.6 is 0 Å². The van der Waals surface area contributed by atoms with Crippen molar-refractivity contribution in [1.29, 1.82) is 0 Å². The van der Waals surface area contributed by atoms with Crippen LogP contribution in [0, 0.1) is 0 Å². The molecule has 1 aliphatic rings. The predicted octanol–water partition coefficient (Wildman–Crippen LogP) is 1.67. The van der Waals surface area contributed by atoms with Crippen molar-refractivity contribution in [2.24, 2.45) is 10.7 Å². The van der Waals surface area contributed by atoms with Crippen LogP contribution in [0.15, 0.2) is 4.99 Å². The quantitative estimate of drug-likeness (QED) is 0.360. The monoisotopic (exact) mass is 271 g/mol. The number of ether oxygens (including phenoxy) is 2. The Kier molecular flexibility index (Phi) is 9.45. The van der Waals surface area contributed by atoms with E-state index in [4.69, 9.17) is 15.2 Å². The van der Waals surface area contributed by atoms with E-state index in [9.17, 15) is 0 Å². The van der Waals surface area contributed by atoms with E-state index in [2.05, 4.69) is 10.3 Å². The van der Waals surface area contributed by atoms with Crippen molar-refractivity contribution in [1.82, 2.24) is 5.32 Å². The predicted molar refractivity (Wildman–Crippen MR) is 78.4 cm³/mol. The Bertz CT molecular complexity index is 241. The molecule has 1 rings (SSSR count). The Hall–Kier alpha value is -0.810. The first-order valence-corrected chi connectivity index (χ1v) is 7.56. The average molecular weight is 271 g/mol. The van der Waals surface area contributed by atoms with Gasteiger partial charge in [0, 0.05) is 32.9 Å². The number of hydrogen-bond acceptors (Lipinski definition) is 3. The molecule has 0 aromatic carbocycles. The molecule has 0 heterocycles. The molecular formula is C14H29N3O2. The summed E-state index contributed by atoms with van der Waals surface area (Å²) in [6.45, 7) is 5.87. The van der Waals surface area contributed by atoms with Gasteiger partial charge in [0.1, 0.15) is 0 Å². The molecule has 112 valence electrons. The second-order valence-electron chi connectivity index (χ2n) is 4.88. The lowest BCUT2D eigenvalue weighted by Crippen LogP contribution is -2.33. The van der Waals surface area contributed by atoms with E-state index in [1.807, 2.05) is 6.92 Å². The molecule has 1 saturated carbocycles. The molecule has 0 atom stereocenters. The molecule has 0 saturated heterocycles. The number of nitrogens with two attached hydrogens (primary N) is 1. The fourth-order valence-electron chi connectivity index (χ4n) is 2.16. The van der Waals surface area contributed by atoms with Crippen LogP contribution < -0.4 is 11.1 Å². The van der Waals surface area contributed by atoms with Crippen LogP contribution in [-0.4, -0.2) is 45.0 Å². The highest BCUT2D eigenvalue weighted by atomic mass is 16.5. The van der Waals surface area contributed by atoms with Crippen molar-refractivity contribution in [3.8, 4) is 0 Å². The third-order valence-corrected chi connectivity index (χ3v) is 3.22. The minimum Gasteiger partial charge on any atom is -0.382 e. The molecule has 0 amide bonds. The molecule has 0 spiro atoms. The zero-order valence-corrected chi connectivity index (χ0v) is 12.2. The lowest BCUT2D eigenvalue weighted by molar-refractivity contribution is 0.0574. The highest BCUT2D eigenvalue weighted by Crippen LogP contribution is 2.20. The van der Waals surface area contributed by atoms with Crippen LogP contribution in [-0.2, 0) is 9.47 Å². The van der Waals surface area contributed by atoms with Gasteiger partial charge in [0.25, 0.3) is 0 Å². The minimum atomic E-state index is 0.504. The molecule has 0 bridgehead atoms. The van der Waals surface area contributed by atoms with Crippen molar-refractivity contribution >= 4 is 5.96 Å². The molecule has 5 nitrogen and oxygen atoms in total. The molecular weight excluding hydrogens is 242 g/mol. The number of nitrogens with one attached hydrogen (secondary N) is 1. The van der Waals surface area contributed by atoms with Crippen molar-refractivity contribution in [2.75, 3.05) is 32.9 Å². The summed E-state index contributed by atoms with van der Waals surface area (Å²) >= 11 is 0. The van der Waals surface area contributed by atoms with Gasteiger partial charge in [-0.05, 0) is 32.6 Å². The lowest BCUT2D eigenvalue weighted by Gasteiger charge is -2.11. The Balaban J connectivity index is 1.88. The first-order valence-electron chi connectivity index (χ1n) is 7.56. The lowest BCUT2D eigenvalue weighted by atomic mass is 10.3. The molecule has 5 heteroatoms. The van der Waals surface area contributed by atoms with E-state index in [0.29, 0.717) is 12.1 Å². The van der Waals surface area contributed by atoms with Gasteiger partial charge in [-0.2, -0.15) is 0 Å². The maximum absolute atomic E-state index is 5.77. The molecule has 0 aliphatic heterocycles. The third kappa shape index (κ3) is 8.83. The molecule has 1 aliphatic carbocycles. The van der Waals surface area contributed by atoms with E-state index in [-0.39, 0.29) is 0 Å². The van der Waals surface area contributed by atoms with E-state index in [1.165, 1.54) is 25.7 Å². The second-order valence-corrected chi connectivity index (χ2v) is 4.88. The summed E-state index contributed by atoms with van der Waals surface area (Å²) < 4.78 is 11.0. The fourth-order valence-corrected chi connectivity index (χ4v) is 2.16. The second kappa shape index (κ2) is 11.1. The van der Waals surface area contributed by atoms with Gasteiger partial charge in [0.05, 0.1) is 6.10 Å². The standard InChI is InChI=1S/C14H29N3O2/c1-2-18-11-5-9-16-14(15)17-10-6-12-19-13-7-3-4-8-13/h13H,2-12H2,1H3,(H3,15,16,17). The number of hydrogen-bond donors (Lipinski definition) is 2. The van der Waals surface area contributed by atoms with Crippen molar-refractivity contribution < 1.29 is 9.47 Å². The van der Waals surface area contributed by atoms with Gasteiger partial charge in [-0.25, -0.2) is 0 Å². The van der Waals surface area contributed by atoms with Gasteiger partial charge in [0.15, 0.2) is 5.96 Å². The van der Waals surface area contributed by atoms with Crippen molar-refractivity contribution in [2.45, 2.75) is 51.6 Å². The molecule has 3 N–H and O–H groups in total. The molecule has 1 fully saturated rings. The first-order chi connectivity index (χ1) is 9.33. The van der Waals surface area contributed by atoms with Crippen LogP contribution in [0.5, 0.6) is 0 Å². The fraction of sp³-hybridized carbons (Fsp3) is 0.929. The zero-order chi connectivity index (χ0) is 13.8. The summed E-state index contributed by atoms with van der Waals surface area (Å²) in [5, 5.41) is 3.11. The maximum atomic E-state index is 5.77. The molecule has 0 aromatic heterocycles. The van der Waals surface area contributed by atoms with E-state index >= 15 is 0 Å². The third-order valence-electron chi connectivity index (χ3n) is 3.22. The number of nitrogens with zero attached hydrogens (tertiary/aromatic N) is 1. The van der Waals surface area contributed by atoms with Crippen LogP contribution in [0.25, 0.3) is 0 Å². The smallest absolute Gasteiger partial charge is 0.188 e. The summed E-state index contributed by atoms with van der Waals surface area (Å²) in [5.74, 6) is 0.525. The summed E-state index contributed by atoms with van der Waals surface area (Å²) in [7, 11) is 0. The summed E-state index contributed by atoms with van der Waals surface area (Å²) in [5.41, 5.74) is 5.75. The SMILES string of the molecule is CCOCCCN=C(N)NCCCOC1CCCC1. The molecule has 0 unspecified atom stereocenters. The van der Waals surface area contributed by atoms with Gasteiger partial charge in [-0.15, -0.1) is 0 Å². The molecule has 19 heavy (non-hydrogen) atoms. The number of rotatable bonds is 10. The van der Waals surface area contributed by atoms with E-state index in [0.717, 1.165) is 45.8 Å². The topological polar surface area (TPSA) is 68.9 Å². The Morgan fingerprint density at radius 2 is 2.05 bits per heavy atom. The Labute approximate surface area is 116 Å². The normalized spacial score (nSPS) is 17.0. The van der Waals surface area contributed by atoms with Gasteiger partial charge in [-0.3, -0.25) is 4.99 Å². The number of guanidine groups is 1. The van der Waals surface area contributed by atoms with Crippen LogP contribution in [0.2, 0.25) is 0 Å². The van der Waals surface area contributed by atoms with Crippen LogP contribution in [0.1, 0.15) is 45.4 Å². The van der Waals surface area contributed by atoms with Gasteiger partial charge in [0.2, 0.25) is 0 Å². The largest absolute Gasteiger partial charge is 0.382 e. The summed E-state index contributed by atoms with van der Waals surface area (Å²) in [6, 6.07) is 0. The molecule has 0 aromatic rings. The number of aliphatic imine (C=N–C) groups is 1. The summed E-state index contributed by atoms with van der Waals surface area (Å²) in [6.07, 6.45) is 7.51. The van der Waals surface area contributed by atoms with Gasteiger partial charge >= 0.3 is 0 Å². The highest BCUT2D eigenvalue weighted by Gasteiger charge is 2.14. The van der Waals surface area contributed by atoms with E-state index < -0.39 is 0 Å². The highest BCUT2D eigenvalue weighted by molar-refractivity contribution is 5.77. The zero-order valence-electron chi connectivity index (χ0n) is 12.2. The first kappa shape index (κ1) is 16.2. The average Bonchev–Trinajstić information content (AvgIpc) is 2.91. The minimum absolute atomic E-state index is 0.504. The van der Waals surface area contributed by atoms with Crippen molar-refractivity contribution in [3.05, 3.63) is 0 Å². The Morgan fingerprint density at radius 1 is 1.26 bits per heavy atom. The van der Waals surface area contributed by atoms with Gasteiger partial charge < -0.3 is 20.5 Å². The summed E-state index contributed by atoms with van der Waals surface area (Å²) in [4.78, 5) is 4.23. The van der Waals surface area contributed by atoms with E-state index in [1.54, 1.807) is 0 Å². The maximum Gasteiger partial charge on any atom is 0.188 e. The van der Waals surface area contributed by atoms with Crippen LogP contribution in [0.4, 0.5) is 0 Å². The van der Waals surface area contributed by atoms with Gasteiger partial charge in [-0.1, -0.05) is 12.8 Å². The molecule has 0 radical (unpaired) electrons. The van der Waals surface area contributed by atoms with Crippen LogP contribution in [0.3, 0.4) is 0 Å². The Morgan fingerprint density at radius 3 is 2.79 bits per heavy atom. The van der Waals surface area contributed by atoms with Crippen molar-refractivity contribution in [3.63, 3.8) is 0 Å².